The Labute approximate surface area is 217 Å². The number of aliphatic hydroxyl groups excluding tert-OH is 1. The van der Waals surface area contributed by atoms with Gasteiger partial charge in [0.1, 0.15) is 17.3 Å². The number of nitrogens with one attached hydrogen (secondary N) is 3. The van der Waals surface area contributed by atoms with Gasteiger partial charge in [-0.1, -0.05) is 23.2 Å². The van der Waals surface area contributed by atoms with Gasteiger partial charge in [-0.15, -0.1) is 0 Å². The summed E-state index contributed by atoms with van der Waals surface area (Å²) in [6, 6.07) is 9.08. The highest BCUT2D eigenvalue weighted by Crippen LogP contribution is 2.60. The molecule has 2 atom stereocenters. The summed E-state index contributed by atoms with van der Waals surface area (Å²) in [5.74, 6) is -0.330. The van der Waals surface area contributed by atoms with E-state index in [-0.39, 0.29) is 52.9 Å². The van der Waals surface area contributed by atoms with E-state index >= 15 is 0 Å². The fourth-order valence-electron chi connectivity index (χ4n) is 5.48. The third-order valence-electron chi connectivity index (χ3n) is 6.95. The van der Waals surface area contributed by atoms with Crippen LogP contribution in [0.3, 0.4) is 0 Å². The van der Waals surface area contributed by atoms with Crippen molar-refractivity contribution in [1.29, 1.82) is 0 Å². The highest BCUT2D eigenvalue weighted by molar-refractivity contribution is 6.31. The third kappa shape index (κ3) is 4.98. The van der Waals surface area contributed by atoms with Gasteiger partial charge in [-0.05, 0) is 49.6 Å². The van der Waals surface area contributed by atoms with Gasteiger partial charge in [-0.25, -0.2) is 4.39 Å². The molecule has 1 aliphatic heterocycles. The van der Waals surface area contributed by atoms with E-state index in [1.54, 1.807) is 18.2 Å². The Morgan fingerprint density at radius 3 is 2.58 bits per heavy atom. The van der Waals surface area contributed by atoms with Gasteiger partial charge in [-0.3, -0.25) is 9.59 Å². The molecule has 2 amide bonds. The first kappa shape index (κ1) is 25.1. The maximum Gasteiger partial charge on any atom is 0.261 e. The van der Waals surface area contributed by atoms with Crippen molar-refractivity contribution in [2.24, 2.45) is 0 Å². The van der Waals surface area contributed by atoms with Crippen LogP contribution in [-0.2, 0) is 9.59 Å². The predicted octanol–water partition coefficient (Wildman–Crippen LogP) is 2.89. The van der Waals surface area contributed by atoms with E-state index in [0.717, 1.165) is 11.6 Å². The number of halogens is 3. The molecule has 0 radical (unpaired) electrons. The third-order valence-corrected chi connectivity index (χ3v) is 7.49. The summed E-state index contributed by atoms with van der Waals surface area (Å²) < 4.78 is 24.8. The molecule has 8 nitrogen and oxygen atoms in total. The Bertz CT molecular complexity index is 1180. The number of carbonyl (C=O) groups excluding carboxylic acids is 2. The maximum absolute atomic E-state index is 13.5. The molecule has 6 rings (SSSR count). The lowest BCUT2D eigenvalue weighted by molar-refractivity contribution is -0.154. The molecule has 3 aliphatic carbocycles. The van der Waals surface area contributed by atoms with Gasteiger partial charge in [0.2, 0.25) is 0 Å². The second kappa shape index (κ2) is 9.70. The monoisotopic (exact) mass is 537 g/mol. The van der Waals surface area contributed by atoms with Crippen molar-refractivity contribution in [3.63, 3.8) is 0 Å². The average molecular weight is 538 g/mol. The first-order chi connectivity index (χ1) is 17.2. The van der Waals surface area contributed by atoms with Gasteiger partial charge in [0.15, 0.2) is 12.7 Å². The second-order valence-corrected chi connectivity index (χ2v) is 10.6. The van der Waals surface area contributed by atoms with Crippen molar-refractivity contribution in [3.8, 4) is 11.5 Å². The molecule has 0 spiro atoms. The van der Waals surface area contributed by atoms with Gasteiger partial charge in [0.05, 0.1) is 11.6 Å². The van der Waals surface area contributed by atoms with Gasteiger partial charge < -0.3 is 30.5 Å². The van der Waals surface area contributed by atoms with Crippen LogP contribution in [0.25, 0.3) is 0 Å². The largest absolute Gasteiger partial charge is 0.484 e. The van der Waals surface area contributed by atoms with E-state index in [4.69, 9.17) is 32.7 Å². The summed E-state index contributed by atoms with van der Waals surface area (Å²) in [5.41, 5.74) is 0.138. The molecule has 2 aromatic carbocycles. The minimum absolute atomic E-state index is 0.0165. The SMILES string of the molecule is O=C(COc1ccc(Cl)c(F)c1)NC12CC(NC(=O)[C@@H]3C[C@H](NCCO)c4cc(Cl)ccc4O3)(C1)C2. The molecule has 2 aromatic rings. The van der Waals surface area contributed by atoms with Gasteiger partial charge in [0, 0.05) is 46.7 Å². The summed E-state index contributed by atoms with van der Waals surface area (Å²) in [4.78, 5) is 25.4. The molecule has 0 aromatic heterocycles. The highest BCUT2D eigenvalue weighted by Gasteiger charge is 2.69. The van der Waals surface area contributed by atoms with Crippen molar-refractivity contribution in [1.82, 2.24) is 16.0 Å². The summed E-state index contributed by atoms with van der Waals surface area (Å²) >= 11 is 11.8. The Balaban J connectivity index is 1.12. The Hall–Kier alpha value is -2.59. The zero-order valence-corrected chi connectivity index (χ0v) is 20.8. The molecule has 3 fully saturated rings. The molecule has 36 heavy (non-hydrogen) atoms. The van der Waals surface area contributed by atoms with Gasteiger partial charge in [-0.2, -0.15) is 0 Å². The van der Waals surface area contributed by atoms with Crippen molar-refractivity contribution in [2.75, 3.05) is 19.8 Å². The molecule has 11 heteroatoms. The molecular weight excluding hydrogens is 512 g/mol. The van der Waals surface area contributed by atoms with Crippen LogP contribution in [-0.4, -0.2) is 53.9 Å². The molecule has 4 aliphatic rings. The second-order valence-electron chi connectivity index (χ2n) is 9.75. The predicted molar refractivity (Wildman–Crippen MR) is 131 cm³/mol. The smallest absolute Gasteiger partial charge is 0.261 e. The summed E-state index contributed by atoms with van der Waals surface area (Å²) in [5, 5.41) is 19.1. The van der Waals surface area contributed by atoms with E-state index in [1.165, 1.54) is 12.1 Å². The van der Waals surface area contributed by atoms with Crippen LogP contribution < -0.4 is 25.4 Å². The number of amides is 2. The van der Waals surface area contributed by atoms with Gasteiger partial charge in [0.25, 0.3) is 11.8 Å². The van der Waals surface area contributed by atoms with Crippen LogP contribution in [0.1, 0.15) is 37.3 Å². The van der Waals surface area contributed by atoms with Crippen LogP contribution in [0, 0.1) is 5.82 Å². The number of ether oxygens (including phenoxy) is 2. The number of carbonyl (C=O) groups is 2. The van der Waals surface area contributed by atoms with Gasteiger partial charge >= 0.3 is 0 Å². The summed E-state index contributed by atoms with van der Waals surface area (Å²) in [7, 11) is 0. The highest BCUT2D eigenvalue weighted by atomic mass is 35.5. The van der Waals surface area contributed by atoms with Crippen LogP contribution in [0.2, 0.25) is 10.0 Å². The maximum atomic E-state index is 13.5. The number of rotatable bonds is 9. The zero-order valence-electron chi connectivity index (χ0n) is 19.3. The lowest BCUT2D eigenvalue weighted by atomic mass is 9.44. The number of hydrogen-bond donors (Lipinski definition) is 4. The van der Waals surface area contributed by atoms with Crippen LogP contribution in [0.4, 0.5) is 4.39 Å². The molecule has 0 saturated heterocycles. The topological polar surface area (TPSA) is 109 Å². The van der Waals surface area contributed by atoms with Crippen LogP contribution >= 0.6 is 23.2 Å². The Morgan fingerprint density at radius 1 is 1.11 bits per heavy atom. The fraction of sp³-hybridized carbons (Fsp3) is 0.440. The van der Waals surface area contributed by atoms with Crippen molar-refractivity contribution < 1.29 is 28.6 Å². The lowest BCUT2D eigenvalue weighted by Gasteiger charge is -2.70. The number of fused-ring (bicyclic) bond motifs is 1. The molecule has 2 bridgehead atoms. The Kier molecular flexibility index (Phi) is 6.76. The summed E-state index contributed by atoms with van der Waals surface area (Å²) in [6.07, 6.45) is 1.58. The standard InChI is InChI=1S/C25H26Cl2FN3O5/c26-14-1-4-20-16(7-14)19(29-5-6-32)9-21(36-20)23(34)31-25-11-24(12-25,13-25)30-22(33)10-35-15-2-3-17(27)18(28)8-15/h1-4,7-8,19,21,29,32H,5-6,9-13H2,(H,30,33)(H,31,34)/t19-,21-,24?,25?/m0/s1. The minimum atomic E-state index is -0.692. The first-order valence-corrected chi connectivity index (χ1v) is 12.5. The molecular formula is C25H26Cl2FN3O5. The average Bonchev–Trinajstić information content (AvgIpc) is 2.81. The van der Waals surface area contributed by atoms with Crippen molar-refractivity contribution in [3.05, 3.63) is 57.8 Å². The van der Waals surface area contributed by atoms with Crippen molar-refractivity contribution in [2.45, 2.75) is 48.9 Å². The fourth-order valence-corrected chi connectivity index (χ4v) is 5.77. The van der Waals surface area contributed by atoms with Crippen LogP contribution in [0.5, 0.6) is 11.5 Å². The van der Waals surface area contributed by atoms with E-state index in [1.807, 2.05) is 0 Å². The first-order valence-electron chi connectivity index (χ1n) is 11.7. The molecule has 0 unspecified atom stereocenters. The molecule has 1 heterocycles. The minimum Gasteiger partial charge on any atom is -0.484 e. The van der Waals surface area contributed by atoms with E-state index < -0.39 is 11.9 Å². The number of aliphatic hydroxyl groups is 1. The molecule has 4 N–H and O–H groups in total. The normalized spacial score (nSPS) is 27.6. The number of benzene rings is 2. The lowest BCUT2D eigenvalue weighted by Crippen LogP contribution is -2.84. The van der Waals surface area contributed by atoms with E-state index in [9.17, 15) is 19.1 Å². The Morgan fingerprint density at radius 2 is 1.86 bits per heavy atom. The summed E-state index contributed by atoms with van der Waals surface area (Å²) in [6.45, 7) is 0.111. The molecule has 192 valence electrons. The van der Waals surface area contributed by atoms with E-state index in [2.05, 4.69) is 16.0 Å². The van der Waals surface area contributed by atoms with Crippen LogP contribution in [0.15, 0.2) is 36.4 Å². The number of hydrogen-bond acceptors (Lipinski definition) is 6. The quantitative estimate of drug-likeness (QED) is 0.391. The molecule has 3 saturated carbocycles. The van der Waals surface area contributed by atoms with Crippen molar-refractivity contribution >= 4 is 35.0 Å². The van der Waals surface area contributed by atoms with E-state index in [0.29, 0.717) is 43.0 Å². The zero-order chi connectivity index (χ0) is 25.5.